The van der Waals surface area contributed by atoms with Gasteiger partial charge < -0.3 is 20.2 Å². The van der Waals surface area contributed by atoms with E-state index in [1.54, 1.807) is 5.41 Å². The van der Waals surface area contributed by atoms with Crippen LogP contribution in [0.1, 0.15) is 78.1 Å². The van der Waals surface area contributed by atoms with Gasteiger partial charge in [-0.1, -0.05) is 41.0 Å². The average molecular weight is 682 g/mol. The predicted octanol–water partition coefficient (Wildman–Crippen LogP) is 6.03. The summed E-state index contributed by atoms with van der Waals surface area (Å²) in [5.74, 6) is -0.669. The Kier molecular flexibility index (Phi) is 9.56. The van der Waals surface area contributed by atoms with E-state index in [0.717, 1.165) is 72.7 Å². The zero-order chi connectivity index (χ0) is 31.3. The number of carbonyl (C=O) groups is 2. The Morgan fingerprint density at radius 2 is 1.40 bits per heavy atom. The van der Waals surface area contributed by atoms with Gasteiger partial charge in [0.25, 0.3) is 0 Å². The summed E-state index contributed by atoms with van der Waals surface area (Å²) in [6, 6.07) is 7.88. The summed E-state index contributed by atoms with van der Waals surface area (Å²) in [7, 11) is 0. The van der Waals surface area contributed by atoms with Crippen molar-refractivity contribution in [2.45, 2.75) is 58.6 Å². The molecule has 0 unspecified atom stereocenters. The molecule has 11 heteroatoms. The number of hydrogen-bond donors (Lipinski definition) is 3. The Labute approximate surface area is 281 Å². The third-order valence-corrected chi connectivity index (χ3v) is 9.73. The smallest absolute Gasteiger partial charge is 0.657 e. The first-order valence-electron chi connectivity index (χ1n) is 14.5. The normalized spacial score (nSPS) is 16.0. The number of aromatic nitrogens is 4. The Bertz CT molecular complexity index is 2000. The number of allylic oxidation sites excluding steroid dienone is 3. The third-order valence-electron chi connectivity index (χ3n) is 8.60. The number of carboxylic acid groups (broad SMARTS) is 2. The maximum absolute atomic E-state index is 11.6. The van der Waals surface area contributed by atoms with Gasteiger partial charge >= 0.3 is 29.0 Å². The van der Waals surface area contributed by atoms with Crippen molar-refractivity contribution in [3.63, 3.8) is 0 Å². The standard InChI is InChI=1S/C34H34N4O4S2.Fe/c1-16-20(5-7-32(39)40)28-14-29-21(6-8-33(41)42)17(2)24(36-29)12-27-22(9-10-43)18(3)25(37-27)13-30-34(31-15-44-31)19(4)26(38-30)11-23(16)35-28;/h9-14,31H,5-8,15H2,1-4H3,(H5,35,36,37,38,39,40,41,42,43);/q;+2/p-1/t31-;/m0./s1. The summed E-state index contributed by atoms with van der Waals surface area (Å²) in [5.41, 5.74) is 13.8. The van der Waals surface area contributed by atoms with Crippen LogP contribution in [0.15, 0.2) is 29.7 Å². The van der Waals surface area contributed by atoms with E-state index in [1.165, 1.54) is 17.3 Å². The number of aryl methyl sites for hydroxylation is 3. The van der Waals surface area contributed by atoms with Crippen molar-refractivity contribution in [3.8, 4) is 0 Å². The maximum Gasteiger partial charge on any atom is 2.00 e. The summed E-state index contributed by atoms with van der Waals surface area (Å²) in [6.07, 6.45) is 2.46. The Morgan fingerprint density at radius 3 is 2.07 bits per heavy atom. The zero-order valence-corrected chi connectivity index (χ0v) is 28.2. The van der Waals surface area contributed by atoms with Gasteiger partial charge in [0.1, 0.15) is 0 Å². The molecule has 0 aliphatic carbocycles. The van der Waals surface area contributed by atoms with Gasteiger partial charge in [0, 0.05) is 18.4 Å². The molecule has 45 heavy (non-hydrogen) atoms. The zero-order valence-electron chi connectivity index (χ0n) is 25.3. The molecule has 2 N–H and O–H groups in total. The fourth-order valence-corrected chi connectivity index (χ4v) is 6.98. The minimum absolute atomic E-state index is 0. The molecule has 0 radical (unpaired) electrons. The van der Waals surface area contributed by atoms with E-state index in [2.05, 4.69) is 25.6 Å². The monoisotopic (exact) mass is 681 g/mol. The molecule has 8 nitrogen and oxygen atoms in total. The molecular weight excluding hydrogens is 648 g/mol. The first kappa shape index (κ1) is 32.9. The van der Waals surface area contributed by atoms with E-state index in [1.807, 2.05) is 45.0 Å². The van der Waals surface area contributed by atoms with Gasteiger partial charge in [-0.3, -0.25) is 9.59 Å². The van der Waals surface area contributed by atoms with Gasteiger partial charge in [0.15, 0.2) is 11.0 Å². The number of fused-ring (bicyclic) bond motifs is 8. The summed E-state index contributed by atoms with van der Waals surface area (Å²) in [5, 5.41) is 21.1. The van der Waals surface area contributed by atoms with Gasteiger partial charge in [-0.05, 0) is 86.1 Å². The van der Waals surface area contributed by atoms with Crippen LogP contribution in [-0.4, -0.2) is 43.1 Å². The van der Waals surface area contributed by atoms with Crippen LogP contribution in [-0.2, 0) is 44.8 Å². The molecule has 8 bridgehead atoms. The van der Waals surface area contributed by atoms with Crippen LogP contribution in [0, 0.1) is 13.8 Å². The predicted molar refractivity (Wildman–Crippen MR) is 182 cm³/mol. The molecule has 232 valence electrons. The number of thiol groups is 2. The number of nitrogens with zero attached hydrogens (tertiary/aromatic N) is 4. The molecule has 1 atom stereocenters. The van der Waals surface area contributed by atoms with E-state index in [9.17, 15) is 19.8 Å². The molecular formula is C34H33FeN4O4S2+. The molecule has 0 saturated carbocycles. The van der Waals surface area contributed by atoms with Crippen molar-refractivity contribution in [3.05, 3.63) is 74.7 Å². The molecule has 1 fully saturated rings. The average Bonchev–Trinajstić information content (AvgIpc) is 3.53. The number of carboxylic acids is 2. The molecule has 3 aliphatic heterocycles. The summed E-state index contributed by atoms with van der Waals surface area (Å²) in [4.78, 5) is 43.3. The third kappa shape index (κ3) is 6.45. The molecule has 6 heterocycles. The van der Waals surface area contributed by atoms with Gasteiger partial charge in [0.05, 0.1) is 22.8 Å². The van der Waals surface area contributed by atoms with Crippen molar-refractivity contribution >= 4 is 86.8 Å². The van der Waals surface area contributed by atoms with Crippen LogP contribution in [0.3, 0.4) is 0 Å². The fraction of sp³-hybridized carbons (Fsp3) is 0.294. The van der Waals surface area contributed by atoms with Crippen LogP contribution in [0.4, 0.5) is 0 Å². The van der Waals surface area contributed by atoms with E-state index in [0.29, 0.717) is 35.0 Å². The maximum atomic E-state index is 11.6. The Balaban J connectivity index is 0.00000400. The molecule has 0 spiro atoms. The van der Waals surface area contributed by atoms with E-state index in [4.69, 9.17) is 19.9 Å². The molecule has 3 aromatic heterocycles. The Morgan fingerprint density at radius 1 is 0.844 bits per heavy atom. The number of aliphatic carboxylic acids is 2. The van der Waals surface area contributed by atoms with Crippen LogP contribution in [0.2, 0.25) is 0 Å². The van der Waals surface area contributed by atoms with Crippen LogP contribution >= 0.6 is 12.6 Å². The molecule has 6 rings (SSSR count). The molecule has 3 aromatic rings. The molecule has 1 saturated heterocycles. The van der Waals surface area contributed by atoms with E-state index >= 15 is 0 Å². The van der Waals surface area contributed by atoms with Crippen molar-refractivity contribution in [1.29, 1.82) is 0 Å². The van der Waals surface area contributed by atoms with Crippen molar-refractivity contribution in [2.24, 2.45) is 0 Å². The van der Waals surface area contributed by atoms with Gasteiger partial charge in [-0.25, -0.2) is 9.97 Å². The fourth-order valence-electron chi connectivity index (χ4n) is 6.04. The van der Waals surface area contributed by atoms with Crippen LogP contribution in [0.25, 0.3) is 50.4 Å². The second-order valence-corrected chi connectivity index (χ2v) is 13.0. The molecule has 3 aliphatic rings. The van der Waals surface area contributed by atoms with Crippen molar-refractivity contribution in [2.75, 3.05) is 5.75 Å². The first-order chi connectivity index (χ1) is 21.0. The largest absolute Gasteiger partial charge is 2.00 e. The second kappa shape index (κ2) is 13.1. The van der Waals surface area contributed by atoms with Crippen LogP contribution < -0.4 is 9.97 Å². The van der Waals surface area contributed by atoms with Gasteiger partial charge in [-0.15, -0.1) is 22.1 Å². The van der Waals surface area contributed by atoms with Crippen LogP contribution in [0.5, 0.6) is 0 Å². The Hall–Kier alpha value is -3.50. The number of rotatable bonds is 8. The van der Waals surface area contributed by atoms with E-state index < -0.39 is 11.9 Å². The molecule has 0 amide bonds. The van der Waals surface area contributed by atoms with Gasteiger partial charge in [-0.2, -0.15) is 12.6 Å². The number of hydrogen-bond acceptors (Lipinski definition) is 5. The minimum atomic E-state index is -0.890. The minimum Gasteiger partial charge on any atom is -0.657 e. The van der Waals surface area contributed by atoms with E-state index in [-0.39, 0.29) is 29.9 Å². The van der Waals surface area contributed by atoms with Crippen molar-refractivity contribution in [1.82, 2.24) is 19.9 Å². The first-order valence-corrected chi connectivity index (χ1v) is 16.2. The summed E-state index contributed by atoms with van der Waals surface area (Å²) >= 11 is 5.74. The summed E-state index contributed by atoms with van der Waals surface area (Å²) < 4.78 is 0. The SMILES string of the molecule is CC1=C(CCC(=O)O)c2cc3[n-]c(cc4nc(cc5[n-]c(cc1n2)c(/C=C\S)c5C)C([C@@H]1C[SH+]1)=C4C)c(C)c3CCC(=O)O.[Fe+2]. The molecule has 0 aromatic carbocycles. The second-order valence-electron chi connectivity index (χ2n) is 11.4. The topological polar surface area (TPSA) is 129 Å². The van der Waals surface area contributed by atoms with Crippen molar-refractivity contribution < 1.29 is 36.9 Å². The van der Waals surface area contributed by atoms with Gasteiger partial charge in [0.2, 0.25) is 0 Å². The summed E-state index contributed by atoms with van der Waals surface area (Å²) in [6.45, 7) is 8.07. The quantitative estimate of drug-likeness (QED) is 0.114.